The summed E-state index contributed by atoms with van der Waals surface area (Å²) in [5.74, 6) is 0. The lowest BCUT2D eigenvalue weighted by Gasteiger charge is -2.24. The first-order valence-electron chi connectivity index (χ1n) is 3.67. The summed E-state index contributed by atoms with van der Waals surface area (Å²) in [6, 6.07) is 0. The molecular weight excluding hydrogens is 164 g/mol. The van der Waals surface area contributed by atoms with Crippen molar-refractivity contribution in [3.05, 3.63) is 6.92 Å². The Morgan fingerprint density at radius 3 is 1.67 bits per heavy atom. The molecule has 0 aromatic carbocycles. The minimum absolute atomic E-state index is 0.0242. The van der Waals surface area contributed by atoms with Crippen molar-refractivity contribution in [1.82, 2.24) is 0 Å². The Bertz CT molecular complexity index is 104. The predicted octanol–water partition coefficient (Wildman–Crippen LogP) is -2.35. The second kappa shape index (κ2) is 5.45. The van der Waals surface area contributed by atoms with E-state index in [9.17, 15) is 0 Å². The van der Waals surface area contributed by atoms with E-state index in [1.807, 2.05) is 0 Å². The zero-order chi connectivity index (χ0) is 9.72. The van der Waals surface area contributed by atoms with Crippen molar-refractivity contribution in [2.75, 3.05) is 6.61 Å². The fraction of sp³-hybridized carbons (Fsp3) is 0.857. The maximum atomic E-state index is 9.08. The highest BCUT2D eigenvalue weighted by molar-refractivity contribution is 4.80. The van der Waals surface area contributed by atoms with Crippen LogP contribution in [-0.4, -0.2) is 56.6 Å². The third-order valence-electron chi connectivity index (χ3n) is 1.62. The van der Waals surface area contributed by atoms with Gasteiger partial charge in [-0.3, -0.25) is 0 Å². The normalized spacial score (nSPS) is 21.5. The highest BCUT2D eigenvalue weighted by Crippen LogP contribution is 2.06. The molecule has 73 valence electrons. The van der Waals surface area contributed by atoms with Gasteiger partial charge in [0.25, 0.3) is 0 Å². The molecule has 0 aliphatic carbocycles. The van der Waals surface area contributed by atoms with Crippen LogP contribution in [0.1, 0.15) is 6.42 Å². The highest BCUT2D eigenvalue weighted by atomic mass is 16.4. The van der Waals surface area contributed by atoms with Gasteiger partial charge in [-0.15, -0.1) is 0 Å². The van der Waals surface area contributed by atoms with Gasteiger partial charge in [0.1, 0.15) is 18.3 Å². The Balaban J connectivity index is 3.99. The SMILES string of the molecule is [CH2]CC(O)C(O)C(O)C(O)CO. The van der Waals surface area contributed by atoms with E-state index in [0.717, 1.165) is 0 Å². The minimum Gasteiger partial charge on any atom is -0.394 e. The molecule has 0 aliphatic rings. The molecule has 12 heavy (non-hydrogen) atoms. The van der Waals surface area contributed by atoms with E-state index >= 15 is 0 Å². The van der Waals surface area contributed by atoms with Gasteiger partial charge in [-0.1, -0.05) is 6.92 Å². The summed E-state index contributed by atoms with van der Waals surface area (Å²) in [6.45, 7) is 2.64. The Morgan fingerprint density at radius 1 is 0.917 bits per heavy atom. The molecule has 0 bridgehead atoms. The van der Waals surface area contributed by atoms with Gasteiger partial charge < -0.3 is 25.5 Å². The second-order valence-corrected chi connectivity index (χ2v) is 2.59. The molecule has 0 rings (SSSR count). The van der Waals surface area contributed by atoms with Crippen LogP contribution in [0.4, 0.5) is 0 Å². The van der Waals surface area contributed by atoms with E-state index in [0.29, 0.717) is 0 Å². The summed E-state index contributed by atoms with van der Waals surface area (Å²) in [4.78, 5) is 0. The van der Waals surface area contributed by atoms with Gasteiger partial charge in [-0.2, -0.15) is 0 Å². The number of hydrogen-bond acceptors (Lipinski definition) is 5. The molecule has 0 aliphatic heterocycles. The van der Waals surface area contributed by atoms with Crippen LogP contribution in [0.25, 0.3) is 0 Å². The average molecular weight is 179 g/mol. The topological polar surface area (TPSA) is 101 Å². The predicted molar refractivity (Wildman–Crippen MR) is 41.1 cm³/mol. The Hall–Kier alpha value is -0.200. The van der Waals surface area contributed by atoms with E-state index in [1.165, 1.54) is 0 Å². The molecular formula is C7H15O5. The maximum Gasteiger partial charge on any atom is 0.110 e. The minimum atomic E-state index is -1.55. The molecule has 0 amide bonds. The standard InChI is InChI=1S/C7H15O5/c1-2-4(9)6(11)7(12)5(10)3-8/h4-12H,1-3H2. The van der Waals surface area contributed by atoms with Crippen LogP contribution in [0.3, 0.4) is 0 Å². The van der Waals surface area contributed by atoms with E-state index in [-0.39, 0.29) is 6.42 Å². The van der Waals surface area contributed by atoms with Gasteiger partial charge in [0, 0.05) is 0 Å². The lowest BCUT2D eigenvalue weighted by atomic mass is 10.0. The van der Waals surface area contributed by atoms with Gasteiger partial charge in [-0.05, 0) is 6.42 Å². The van der Waals surface area contributed by atoms with Gasteiger partial charge in [-0.25, -0.2) is 0 Å². The largest absolute Gasteiger partial charge is 0.394 e. The van der Waals surface area contributed by atoms with Crippen molar-refractivity contribution >= 4 is 0 Å². The van der Waals surface area contributed by atoms with Crippen LogP contribution in [0, 0.1) is 6.92 Å². The zero-order valence-corrected chi connectivity index (χ0v) is 6.67. The highest BCUT2D eigenvalue weighted by Gasteiger charge is 2.28. The average Bonchev–Trinajstić information content (AvgIpc) is 2.12. The summed E-state index contributed by atoms with van der Waals surface area (Å²) < 4.78 is 0. The van der Waals surface area contributed by atoms with Gasteiger partial charge >= 0.3 is 0 Å². The number of aliphatic hydroxyl groups excluding tert-OH is 5. The van der Waals surface area contributed by atoms with Gasteiger partial charge in [0.2, 0.25) is 0 Å². The summed E-state index contributed by atoms with van der Waals surface area (Å²) >= 11 is 0. The lowest BCUT2D eigenvalue weighted by molar-refractivity contribution is -0.114. The van der Waals surface area contributed by atoms with Gasteiger partial charge in [0.05, 0.1) is 12.7 Å². The molecule has 1 radical (unpaired) electrons. The smallest absolute Gasteiger partial charge is 0.110 e. The molecule has 0 fully saturated rings. The molecule has 5 N–H and O–H groups in total. The molecule has 0 saturated carbocycles. The van der Waals surface area contributed by atoms with Gasteiger partial charge in [0.15, 0.2) is 0 Å². The van der Waals surface area contributed by atoms with Crippen molar-refractivity contribution in [1.29, 1.82) is 0 Å². The molecule has 4 unspecified atom stereocenters. The molecule has 5 heteroatoms. The molecule has 5 nitrogen and oxygen atoms in total. The van der Waals surface area contributed by atoms with E-state index in [2.05, 4.69) is 6.92 Å². The third-order valence-corrected chi connectivity index (χ3v) is 1.62. The van der Waals surface area contributed by atoms with Crippen molar-refractivity contribution in [3.63, 3.8) is 0 Å². The quantitative estimate of drug-likeness (QED) is 0.325. The monoisotopic (exact) mass is 179 g/mol. The lowest BCUT2D eigenvalue weighted by Crippen LogP contribution is -2.45. The molecule has 0 spiro atoms. The summed E-state index contributed by atoms with van der Waals surface area (Å²) in [5.41, 5.74) is 0. The first-order valence-corrected chi connectivity index (χ1v) is 3.67. The fourth-order valence-electron chi connectivity index (χ4n) is 0.734. The fourth-order valence-corrected chi connectivity index (χ4v) is 0.734. The van der Waals surface area contributed by atoms with Crippen LogP contribution in [0.5, 0.6) is 0 Å². The molecule has 4 atom stereocenters. The van der Waals surface area contributed by atoms with Crippen LogP contribution in [0.2, 0.25) is 0 Å². The van der Waals surface area contributed by atoms with Crippen LogP contribution in [-0.2, 0) is 0 Å². The van der Waals surface area contributed by atoms with Crippen LogP contribution < -0.4 is 0 Å². The first-order chi connectivity index (χ1) is 5.54. The number of rotatable bonds is 5. The maximum absolute atomic E-state index is 9.08. The zero-order valence-electron chi connectivity index (χ0n) is 6.67. The number of aliphatic hydroxyl groups is 5. The van der Waals surface area contributed by atoms with E-state index in [1.54, 1.807) is 0 Å². The van der Waals surface area contributed by atoms with Crippen molar-refractivity contribution in [2.45, 2.75) is 30.8 Å². The third kappa shape index (κ3) is 3.04. The molecule has 0 aromatic heterocycles. The van der Waals surface area contributed by atoms with Crippen molar-refractivity contribution in [3.8, 4) is 0 Å². The first kappa shape index (κ1) is 11.8. The summed E-state index contributed by atoms with van der Waals surface area (Å²) in [7, 11) is 0. The molecule has 0 heterocycles. The molecule has 0 saturated heterocycles. The second-order valence-electron chi connectivity index (χ2n) is 2.59. The van der Waals surface area contributed by atoms with E-state index in [4.69, 9.17) is 25.5 Å². The van der Waals surface area contributed by atoms with Crippen LogP contribution >= 0.6 is 0 Å². The van der Waals surface area contributed by atoms with E-state index < -0.39 is 31.0 Å². The Labute approximate surface area is 70.9 Å². The Kier molecular flexibility index (Phi) is 5.36. The van der Waals surface area contributed by atoms with Crippen LogP contribution in [0.15, 0.2) is 0 Å². The summed E-state index contributed by atoms with van der Waals surface area (Å²) in [6.07, 6.45) is -5.64. The summed E-state index contributed by atoms with van der Waals surface area (Å²) in [5, 5.41) is 44.3. The number of hydrogen-bond donors (Lipinski definition) is 5. The van der Waals surface area contributed by atoms with Crippen molar-refractivity contribution in [2.24, 2.45) is 0 Å². The Morgan fingerprint density at radius 2 is 1.33 bits per heavy atom. The molecule has 0 aromatic rings. The van der Waals surface area contributed by atoms with Crippen molar-refractivity contribution < 1.29 is 25.5 Å².